The lowest BCUT2D eigenvalue weighted by molar-refractivity contribution is 0.1000. The number of hydrogen-bond acceptors (Lipinski definition) is 2. The molecule has 4 nitrogen and oxygen atoms in total. The fourth-order valence-corrected chi connectivity index (χ4v) is 1.95. The van der Waals surface area contributed by atoms with Gasteiger partial charge in [0.05, 0.1) is 5.69 Å². The zero-order valence-electron chi connectivity index (χ0n) is 10.2. The summed E-state index contributed by atoms with van der Waals surface area (Å²) >= 11 is 3.21. The van der Waals surface area contributed by atoms with Crippen LogP contribution in [-0.4, -0.2) is 11.8 Å². The third kappa shape index (κ3) is 3.21. The van der Waals surface area contributed by atoms with Gasteiger partial charge in [-0.25, -0.2) is 4.39 Å². The Morgan fingerprint density at radius 1 is 1.10 bits per heavy atom. The molecular weight excluding hydrogens is 327 g/mol. The summed E-state index contributed by atoms with van der Waals surface area (Å²) < 4.78 is 13.7. The van der Waals surface area contributed by atoms with Crippen LogP contribution in [0.3, 0.4) is 0 Å². The maximum Gasteiger partial charge on any atom is 0.255 e. The van der Waals surface area contributed by atoms with Crippen molar-refractivity contribution in [3.63, 3.8) is 0 Å². The van der Waals surface area contributed by atoms with Crippen molar-refractivity contribution in [3.05, 3.63) is 63.9 Å². The van der Waals surface area contributed by atoms with Crippen LogP contribution in [0.2, 0.25) is 0 Å². The lowest BCUT2D eigenvalue weighted by atomic mass is 10.1. The fourth-order valence-electron chi connectivity index (χ4n) is 1.60. The molecule has 0 saturated carbocycles. The summed E-state index contributed by atoms with van der Waals surface area (Å²) in [6.45, 7) is 0. The number of nitrogens with one attached hydrogen (secondary N) is 1. The Kier molecular flexibility index (Phi) is 4.14. The Morgan fingerprint density at radius 3 is 2.50 bits per heavy atom. The van der Waals surface area contributed by atoms with Gasteiger partial charge in [0.15, 0.2) is 0 Å². The van der Waals surface area contributed by atoms with Crippen LogP contribution in [0.5, 0.6) is 0 Å². The minimum absolute atomic E-state index is 0.232. The van der Waals surface area contributed by atoms with Crippen molar-refractivity contribution >= 4 is 33.4 Å². The van der Waals surface area contributed by atoms with Gasteiger partial charge in [0, 0.05) is 15.6 Å². The molecule has 102 valence electrons. The van der Waals surface area contributed by atoms with Crippen LogP contribution in [0.1, 0.15) is 20.7 Å². The molecule has 2 aromatic rings. The molecule has 3 N–H and O–H groups in total. The van der Waals surface area contributed by atoms with E-state index in [9.17, 15) is 14.0 Å². The first-order chi connectivity index (χ1) is 9.47. The smallest absolute Gasteiger partial charge is 0.255 e. The van der Waals surface area contributed by atoms with E-state index in [4.69, 9.17) is 5.73 Å². The van der Waals surface area contributed by atoms with E-state index in [1.165, 1.54) is 36.4 Å². The van der Waals surface area contributed by atoms with E-state index in [2.05, 4.69) is 21.2 Å². The van der Waals surface area contributed by atoms with Crippen LogP contribution >= 0.6 is 15.9 Å². The number of amides is 2. The van der Waals surface area contributed by atoms with E-state index in [1.54, 1.807) is 6.07 Å². The molecule has 0 aliphatic rings. The van der Waals surface area contributed by atoms with Gasteiger partial charge in [0.25, 0.3) is 5.91 Å². The second kappa shape index (κ2) is 5.83. The van der Waals surface area contributed by atoms with Crippen LogP contribution in [0.25, 0.3) is 0 Å². The van der Waals surface area contributed by atoms with Gasteiger partial charge in [-0.1, -0.05) is 6.07 Å². The topological polar surface area (TPSA) is 72.2 Å². The summed E-state index contributed by atoms with van der Waals surface area (Å²) in [6.07, 6.45) is 0. The molecular formula is C14H10BrFN2O2. The molecule has 2 amide bonds. The standard InChI is InChI=1S/C14H10BrFN2O2/c15-11-5-4-10(16)7-12(11)18-14(20)9-3-1-2-8(6-9)13(17)19/h1-7H,(H2,17,19)(H,18,20). The highest BCUT2D eigenvalue weighted by atomic mass is 79.9. The predicted octanol–water partition coefficient (Wildman–Crippen LogP) is 2.94. The van der Waals surface area contributed by atoms with Gasteiger partial charge >= 0.3 is 0 Å². The van der Waals surface area contributed by atoms with Gasteiger partial charge in [0.1, 0.15) is 5.82 Å². The van der Waals surface area contributed by atoms with Crippen molar-refractivity contribution in [2.24, 2.45) is 5.73 Å². The van der Waals surface area contributed by atoms with Gasteiger partial charge in [-0.3, -0.25) is 9.59 Å². The highest BCUT2D eigenvalue weighted by molar-refractivity contribution is 9.10. The Bertz CT molecular complexity index is 689. The van der Waals surface area contributed by atoms with Crippen LogP contribution < -0.4 is 11.1 Å². The second-order valence-corrected chi connectivity index (χ2v) is 4.88. The van der Waals surface area contributed by atoms with Gasteiger partial charge in [-0.15, -0.1) is 0 Å². The molecule has 6 heteroatoms. The highest BCUT2D eigenvalue weighted by Crippen LogP contribution is 2.23. The lowest BCUT2D eigenvalue weighted by Crippen LogP contribution is -2.15. The van der Waals surface area contributed by atoms with E-state index >= 15 is 0 Å². The predicted molar refractivity (Wildman–Crippen MR) is 77.0 cm³/mol. The van der Waals surface area contributed by atoms with Crippen LogP contribution in [0, 0.1) is 5.82 Å². The molecule has 20 heavy (non-hydrogen) atoms. The van der Waals surface area contributed by atoms with E-state index < -0.39 is 17.6 Å². The molecule has 0 unspecified atom stereocenters. The van der Waals surface area contributed by atoms with Crippen molar-refractivity contribution in [2.45, 2.75) is 0 Å². The summed E-state index contributed by atoms with van der Waals surface area (Å²) in [5, 5.41) is 2.56. The van der Waals surface area contributed by atoms with E-state index in [0.717, 1.165) is 0 Å². The molecule has 0 bridgehead atoms. The normalized spacial score (nSPS) is 10.1. The molecule has 0 aliphatic heterocycles. The first-order valence-corrected chi connectivity index (χ1v) is 6.43. The first kappa shape index (κ1) is 14.2. The first-order valence-electron chi connectivity index (χ1n) is 5.63. The summed E-state index contributed by atoms with van der Waals surface area (Å²) in [4.78, 5) is 23.1. The van der Waals surface area contributed by atoms with Crippen molar-refractivity contribution in [1.82, 2.24) is 0 Å². The molecule has 0 fully saturated rings. The largest absolute Gasteiger partial charge is 0.366 e. The molecule has 0 saturated heterocycles. The number of anilines is 1. The highest BCUT2D eigenvalue weighted by Gasteiger charge is 2.11. The Labute approximate surface area is 122 Å². The average molecular weight is 337 g/mol. The molecule has 0 aliphatic carbocycles. The maximum absolute atomic E-state index is 13.1. The van der Waals surface area contributed by atoms with E-state index in [1.807, 2.05) is 0 Å². The zero-order chi connectivity index (χ0) is 14.7. The van der Waals surface area contributed by atoms with Crippen molar-refractivity contribution in [1.29, 1.82) is 0 Å². The molecule has 0 radical (unpaired) electrons. The molecule has 0 atom stereocenters. The number of carbonyl (C=O) groups is 2. The third-order valence-electron chi connectivity index (χ3n) is 2.59. The molecule has 0 heterocycles. The van der Waals surface area contributed by atoms with E-state index in [0.29, 0.717) is 10.2 Å². The Morgan fingerprint density at radius 2 is 1.80 bits per heavy atom. The van der Waals surface area contributed by atoms with Crippen LogP contribution in [0.4, 0.5) is 10.1 Å². The van der Waals surface area contributed by atoms with Gasteiger partial charge < -0.3 is 11.1 Å². The van der Waals surface area contributed by atoms with Crippen molar-refractivity contribution in [2.75, 3.05) is 5.32 Å². The summed E-state index contributed by atoms with van der Waals surface area (Å²) in [5.74, 6) is -1.54. The third-order valence-corrected chi connectivity index (χ3v) is 3.28. The Hall–Kier alpha value is -2.21. The van der Waals surface area contributed by atoms with Crippen molar-refractivity contribution in [3.8, 4) is 0 Å². The number of primary amides is 1. The quantitative estimate of drug-likeness (QED) is 0.904. The zero-order valence-corrected chi connectivity index (χ0v) is 11.8. The van der Waals surface area contributed by atoms with Crippen LogP contribution in [-0.2, 0) is 0 Å². The summed E-state index contributed by atoms with van der Waals surface area (Å²) in [5.41, 5.74) is 5.95. The lowest BCUT2D eigenvalue weighted by Gasteiger charge is -2.08. The molecule has 2 rings (SSSR count). The maximum atomic E-state index is 13.1. The van der Waals surface area contributed by atoms with Gasteiger partial charge in [-0.2, -0.15) is 0 Å². The number of nitrogens with two attached hydrogens (primary N) is 1. The molecule has 0 aromatic heterocycles. The minimum Gasteiger partial charge on any atom is -0.366 e. The fraction of sp³-hybridized carbons (Fsp3) is 0. The summed E-state index contributed by atoms with van der Waals surface area (Å²) in [6, 6.07) is 9.94. The molecule has 0 spiro atoms. The molecule has 2 aromatic carbocycles. The SMILES string of the molecule is NC(=O)c1cccc(C(=O)Nc2cc(F)ccc2Br)c1. The number of rotatable bonds is 3. The summed E-state index contributed by atoms with van der Waals surface area (Å²) in [7, 11) is 0. The number of carbonyl (C=O) groups excluding carboxylic acids is 2. The second-order valence-electron chi connectivity index (χ2n) is 4.02. The van der Waals surface area contributed by atoms with Crippen molar-refractivity contribution < 1.29 is 14.0 Å². The van der Waals surface area contributed by atoms with Crippen LogP contribution in [0.15, 0.2) is 46.9 Å². The number of benzene rings is 2. The van der Waals surface area contributed by atoms with Gasteiger partial charge in [-0.05, 0) is 52.3 Å². The monoisotopic (exact) mass is 336 g/mol. The minimum atomic E-state index is -0.619. The number of hydrogen-bond donors (Lipinski definition) is 2. The van der Waals surface area contributed by atoms with E-state index in [-0.39, 0.29) is 11.1 Å². The Balaban J connectivity index is 2.26. The number of halogens is 2. The average Bonchev–Trinajstić information content (AvgIpc) is 2.43. The van der Waals surface area contributed by atoms with Gasteiger partial charge in [0.2, 0.25) is 5.91 Å².